The highest BCUT2D eigenvalue weighted by atomic mass is 32.1. The molecule has 0 spiro atoms. The van der Waals surface area contributed by atoms with Gasteiger partial charge in [0.1, 0.15) is 22.2 Å². The Kier molecular flexibility index (Phi) is 5.55. The summed E-state index contributed by atoms with van der Waals surface area (Å²) in [6.07, 6.45) is 0. The number of nitrogens with one attached hydrogen (secondary N) is 1. The van der Waals surface area contributed by atoms with Gasteiger partial charge in [0.15, 0.2) is 0 Å². The Bertz CT molecular complexity index is 650. The van der Waals surface area contributed by atoms with Crippen LogP contribution in [0.3, 0.4) is 0 Å². The predicted molar refractivity (Wildman–Crippen MR) is 89.5 cm³/mol. The Morgan fingerprint density at radius 3 is 2.82 bits per heavy atom. The van der Waals surface area contributed by atoms with E-state index in [4.69, 9.17) is 4.74 Å². The maximum Gasteiger partial charge on any atom is 0.263 e. The maximum atomic E-state index is 12.1. The van der Waals surface area contributed by atoms with Crippen LogP contribution in [0.5, 0.6) is 5.75 Å². The van der Waals surface area contributed by atoms with E-state index in [1.165, 1.54) is 11.3 Å². The highest BCUT2D eigenvalue weighted by Crippen LogP contribution is 2.20. The highest BCUT2D eigenvalue weighted by molar-refractivity contribution is 7.13. The molecular weight excluding hydrogens is 296 g/mol. The third-order valence-corrected chi connectivity index (χ3v) is 4.20. The molecule has 0 aliphatic rings. The Morgan fingerprint density at radius 1 is 1.36 bits per heavy atom. The maximum absolute atomic E-state index is 12.1. The molecule has 22 heavy (non-hydrogen) atoms. The van der Waals surface area contributed by atoms with Gasteiger partial charge in [-0.1, -0.05) is 26.0 Å². The Morgan fingerprint density at radius 2 is 2.14 bits per heavy atom. The van der Waals surface area contributed by atoms with Crippen LogP contribution >= 0.6 is 11.3 Å². The summed E-state index contributed by atoms with van der Waals surface area (Å²) in [7, 11) is 0. The predicted octanol–water partition coefficient (Wildman–Crippen LogP) is 3.72. The molecule has 0 fully saturated rings. The molecule has 0 radical (unpaired) electrons. The summed E-state index contributed by atoms with van der Waals surface area (Å²) in [6.45, 7) is 9.08. The van der Waals surface area contributed by atoms with Gasteiger partial charge < -0.3 is 10.1 Å². The Hall–Kier alpha value is -1.88. The van der Waals surface area contributed by atoms with Crippen molar-refractivity contribution in [3.05, 3.63) is 45.4 Å². The lowest BCUT2D eigenvalue weighted by Crippen LogP contribution is -2.27. The molecule has 4 nitrogen and oxygen atoms in total. The molecule has 1 aromatic carbocycles. The molecule has 1 N–H and O–H groups in total. The van der Waals surface area contributed by atoms with Gasteiger partial charge in [0.25, 0.3) is 5.91 Å². The van der Waals surface area contributed by atoms with E-state index in [9.17, 15) is 4.79 Å². The molecule has 0 aliphatic carbocycles. The molecule has 0 unspecified atom stereocenters. The van der Waals surface area contributed by atoms with Crippen LogP contribution in [0.2, 0.25) is 0 Å². The number of rotatable bonds is 6. The summed E-state index contributed by atoms with van der Waals surface area (Å²) >= 11 is 1.39. The van der Waals surface area contributed by atoms with Gasteiger partial charge in [0.05, 0.1) is 5.69 Å². The standard InChI is InChI=1S/C17H22N2O2S/c1-11(2)9-18-17(20)16-13(4)19-15(22-16)10-21-14-7-5-6-12(3)8-14/h5-8,11H,9-10H2,1-4H3,(H,18,20). The number of hydrogen-bond donors (Lipinski definition) is 1. The minimum atomic E-state index is -0.0505. The molecule has 1 aromatic heterocycles. The summed E-state index contributed by atoms with van der Waals surface area (Å²) in [4.78, 5) is 17.2. The SMILES string of the molecule is Cc1cccc(OCc2nc(C)c(C(=O)NCC(C)C)s2)c1. The molecule has 1 heterocycles. The number of aryl methyl sites for hydroxylation is 2. The molecular formula is C17H22N2O2S. The number of aromatic nitrogens is 1. The first-order valence-electron chi connectivity index (χ1n) is 7.39. The zero-order valence-corrected chi connectivity index (χ0v) is 14.3. The van der Waals surface area contributed by atoms with Gasteiger partial charge >= 0.3 is 0 Å². The summed E-state index contributed by atoms with van der Waals surface area (Å²) in [5, 5.41) is 3.74. The number of benzene rings is 1. The largest absolute Gasteiger partial charge is 0.486 e. The summed E-state index contributed by atoms with van der Waals surface area (Å²) in [5.41, 5.74) is 1.91. The third-order valence-electron chi connectivity index (χ3n) is 3.07. The van der Waals surface area contributed by atoms with E-state index in [-0.39, 0.29) is 5.91 Å². The van der Waals surface area contributed by atoms with Gasteiger partial charge in [-0.15, -0.1) is 11.3 Å². The molecule has 0 saturated carbocycles. The number of ether oxygens (including phenoxy) is 1. The number of carbonyl (C=O) groups excluding carboxylic acids is 1. The number of nitrogens with zero attached hydrogens (tertiary/aromatic N) is 1. The van der Waals surface area contributed by atoms with Crippen LogP contribution in [0.15, 0.2) is 24.3 Å². The van der Waals surface area contributed by atoms with Gasteiger partial charge in [0.2, 0.25) is 0 Å². The van der Waals surface area contributed by atoms with Crippen LogP contribution in [0.25, 0.3) is 0 Å². The van der Waals surface area contributed by atoms with Crippen molar-refractivity contribution in [1.29, 1.82) is 0 Å². The van der Waals surface area contributed by atoms with Crippen LogP contribution in [0.4, 0.5) is 0 Å². The van der Waals surface area contributed by atoms with Crippen molar-refractivity contribution in [2.24, 2.45) is 5.92 Å². The summed E-state index contributed by atoms with van der Waals surface area (Å²) in [6, 6.07) is 7.89. The first-order chi connectivity index (χ1) is 10.5. The van der Waals surface area contributed by atoms with Crippen LogP contribution in [-0.2, 0) is 6.61 Å². The average Bonchev–Trinajstić information content (AvgIpc) is 2.84. The van der Waals surface area contributed by atoms with Crippen molar-refractivity contribution in [2.75, 3.05) is 6.54 Å². The third kappa shape index (κ3) is 4.56. The summed E-state index contributed by atoms with van der Waals surface area (Å²) < 4.78 is 5.74. The molecule has 0 saturated heterocycles. The fourth-order valence-corrected chi connectivity index (χ4v) is 2.85. The smallest absolute Gasteiger partial charge is 0.263 e. The number of thiazole rings is 1. The van der Waals surface area contributed by atoms with Gasteiger partial charge in [0, 0.05) is 6.54 Å². The van der Waals surface area contributed by atoms with E-state index in [0.717, 1.165) is 22.0 Å². The highest BCUT2D eigenvalue weighted by Gasteiger charge is 2.15. The topological polar surface area (TPSA) is 51.2 Å². The van der Waals surface area contributed by atoms with E-state index in [1.807, 2.05) is 38.1 Å². The lowest BCUT2D eigenvalue weighted by molar-refractivity contribution is 0.0952. The summed E-state index contributed by atoms with van der Waals surface area (Å²) in [5.74, 6) is 1.20. The molecule has 5 heteroatoms. The molecule has 0 atom stereocenters. The molecule has 118 valence electrons. The van der Waals surface area contributed by atoms with Crippen LogP contribution in [0, 0.1) is 19.8 Å². The fourth-order valence-electron chi connectivity index (χ4n) is 1.95. The first kappa shape index (κ1) is 16.5. The van der Waals surface area contributed by atoms with Crippen molar-refractivity contribution in [2.45, 2.75) is 34.3 Å². The average molecular weight is 318 g/mol. The lowest BCUT2D eigenvalue weighted by Gasteiger charge is -2.06. The van der Waals surface area contributed by atoms with E-state index >= 15 is 0 Å². The zero-order valence-electron chi connectivity index (χ0n) is 13.5. The second kappa shape index (κ2) is 7.40. The van der Waals surface area contributed by atoms with Gasteiger partial charge in [-0.25, -0.2) is 4.98 Å². The van der Waals surface area contributed by atoms with E-state index in [2.05, 4.69) is 24.1 Å². The van der Waals surface area contributed by atoms with E-state index < -0.39 is 0 Å². The number of amides is 1. The first-order valence-corrected chi connectivity index (χ1v) is 8.21. The number of carbonyl (C=O) groups is 1. The number of hydrogen-bond acceptors (Lipinski definition) is 4. The molecule has 0 bridgehead atoms. The van der Waals surface area contributed by atoms with Gasteiger partial charge in [-0.3, -0.25) is 4.79 Å². The van der Waals surface area contributed by atoms with Crippen LogP contribution in [-0.4, -0.2) is 17.4 Å². The van der Waals surface area contributed by atoms with Crippen molar-refractivity contribution in [1.82, 2.24) is 10.3 Å². The van der Waals surface area contributed by atoms with Crippen molar-refractivity contribution >= 4 is 17.2 Å². The monoisotopic (exact) mass is 318 g/mol. The van der Waals surface area contributed by atoms with Crippen LogP contribution in [0.1, 0.15) is 39.8 Å². The quantitative estimate of drug-likeness (QED) is 0.883. The molecule has 2 rings (SSSR count). The lowest BCUT2D eigenvalue weighted by atomic mass is 10.2. The van der Waals surface area contributed by atoms with Crippen LogP contribution < -0.4 is 10.1 Å². The van der Waals surface area contributed by atoms with E-state index in [0.29, 0.717) is 23.9 Å². The van der Waals surface area contributed by atoms with Crippen molar-refractivity contribution in [3.63, 3.8) is 0 Å². The molecule has 1 amide bonds. The minimum absolute atomic E-state index is 0.0505. The van der Waals surface area contributed by atoms with Crippen molar-refractivity contribution in [3.8, 4) is 5.75 Å². The van der Waals surface area contributed by atoms with Crippen molar-refractivity contribution < 1.29 is 9.53 Å². The second-order valence-corrected chi connectivity index (χ2v) is 6.81. The van der Waals surface area contributed by atoms with E-state index in [1.54, 1.807) is 0 Å². The Balaban J connectivity index is 1.98. The minimum Gasteiger partial charge on any atom is -0.486 e. The zero-order chi connectivity index (χ0) is 16.1. The molecule has 0 aliphatic heterocycles. The van der Waals surface area contributed by atoms with Gasteiger partial charge in [-0.05, 0) is 37.5 Å². The second-order valence-electron chi connectivity index (χ2n) is 5.73. The Labute approximate surface area is 135 Å². The molecule has 2 aromatic rings. The van der Waals surface area contributed by atoms with Gasteiger partial charge in [-0.2, -0.15) is 0 Å². The normalized spacial score (nSPS) is 10.8. The fraction of sp³-hybridized carbons (Fsp3) is 0.412.